The van der Waals surface area contributed by atoms with Crippen molar-refractivity contribution in [2.45, 2.75) is 39.2 Å². The third kappa shape index (κ3) is 9.74. The summed E-state index contributed by atoms with van der Waals surface area (Å²) in [6, 6.07) is 0. The zero-order chi connectivity index (χ0) is 11.2. The van der Waals surface area contributed by atoms with E-state index in [1.807, 2.05) is 13.8 Å². The summed E-state index contributed by atoms with van der Waals surface area (Å²) in [4.78, 5) is 0. The average Bonchev–Trinajstić information content (AvgIpc) is 2.03. The molecule has 0 aliphatic rings. The van der Waals surface area contributed by atoms with E-state index < -0.39 is 16.5 Å². The van der Waals surface area contributed by atoms with Crippen LogP contribution in [0.25, 0.3) is 0 Å². The fourth-order valence-corrected chi connectivity index (χ4v) is 1.54. The molecule has 0 saturated carbocycles. The van der Waals surface area contributed by atoms with Gasteiger partial charge >= 0.3 is 29.6 Å². The van der Waals surface area contributed by atoms with Crippen LogP contribution in [-0.2, 0) is 14.6 Å². The number of aliphatic hydroxyl groups excluding tert-OH is 1. The van der Waals surface area contributed by atoms with E-state index in [-0.39, 0.29) is 42.1 Å². The first-order chi connectivity index (χ1) is 6.40. The Kier molecular flexibility index (Phi) is 10.8. The molecule has 0 aliphatic carbocycles. The molecular formula is C8H17NaO5S. The van der Waals surface area contributed by atoms with Crippen molar-refractivity contribution in [1.29, 1.82) is 0 Å². The molecule has 0 amide bonds. The fourth-order valence-electron chi connectivity index (χ4n) is 1.20. The first kappa shape index (κ1) is 18.2. The van der Waals surface area contributed by atoms with Gasteiger partial charge in [-0.1, -0.05) is 20.3 Å². The van der Waals surface area contributed by atoms with Gasteiger partial charge < -0.3 is 9.66 Å². The molecule has 0 aromatic heterocycles. The Morgan fingerprint density at radius 3 is 2.27 bits per heavy atom. The zero-order valence-electron chi connectivity index (χ0n) is 9.47. The van der Waals surface area contributed by atoms with Gasteiger partial charge in [0.1, 0.15) is 0 Å². The molecule has 0 radical (unpaired) electrons. The summed E-state index contributed by atoms with van der Waals surface area (Å²) in [5.74, 6) is -0.293. The molecule has 0 heterocycles. The standard InChI is InChI=1S/C8H18O5S.Na/c1-3-5-8(9)7(4-2)6-13-14(10,11)12;/h7-9H,3-6H2,1-2H3,(H,10,11,12);/q;+1/p-1. The van der Waals surface area contributed by atoms with Gasteiger partial charge in [0.15, 0.2) is 0 Å². The van der Waals surface area contributed by atoms with Gasteiger partial charge in [0.2, 0.25) is 10.4 Å². The Balaban J connectivity index is 0. The van der Waals surface area contributed by atoms with Crippen LogP contribution in [0.1, 0.15) is 33.1 Å². The number of hydrogen-bond acceptors (Lipinski definition) is 5. The molecule has 0 aromatic rings. The minimum absolute atomic E-state index is 0. The second-order valence-corrected chi connectivity index (χ2v) is 4.27. The second kappa shape index (κ2) is 8.92. The largest absolute Gasteiger partial charge is 1.00 e. The molecular weight excluding hydrogens is 231 g/mol. The minimum atomic E-state index is -4.64. The van der Waals surface area contributed by atoms with E-state index in [4.69, 9.17) is 0 Å². The summed E-state index contributed by atoms with van der Waals surface area (Å²) in [5.41, 5.74) is 0. The van der Waals surface area contributed by atoms with Gasteiger partial charge in [-0.05, 0) is 12.8 Å². The smallest absolute Gasteiger partial charge is 0.726 e. The summed E-state index contributed by atoms with van der Waals surface area (Å²) in [6.45, 7) is 3.50. The Bertz CT molecular complexity index is 241. The van der Waals surface area contributed by atoms with Gasteiger partial charge in [-0.2, -0.15) is 0 Å². The molecule has 7 heteroatoms. The van der Waals surface area contributed by atoms with Gasteiger partial charge in [-0.25, -0.2) is 8.42 Å². The van der Waals surface area contributed by atoms with Gasteiger partial charge in [0.25, 0.3) is 0 Å². The van der Waals surface area contributed by atoms with Gasteiger partial charge in [0.05, 0.1) is 12.7 Å². The van der Waals surface area contributed by atoms with E-state index in [1.54, 1.807) is 0 Å². The number of hydrogen-bond donors (Lipinski definition) is 1. The molecule has 0 fully saturated rings. The summed E-state index contributed by atoms with van der Waals surface area (Å²) < 4.78 is 34.6. The number of aliphatic hydroxyl groups is 1. The predicted molar refractivity (Wildman–Crippen MR) is 50.3 cm³/mol. The van der Waals surface area contributed by atoms with E-state index in [0.29, 0.717) is 12.8 Å². The SMILES string of the molecule is CCCC(O)C(CC)COS(=O)(=O)[O-].[Na+]. The number of rotatable bonds is 7. The van der Waals surface area contributed by atoms with Crippen LogP contribution in [0.15, 0.2) is 0 Å². The normalized spacial score (nSPS) is 15.5. The van der Waals surface area contributed by atoms with Crippen molar-refractivity contribution >= 4 is 10.4 Å². The van der Waals surface area contributed by atoms with Crippen LogP contribution in [0.3, 0.4) is 0 Å². The first-order valence-electron chi connectivity index (χ1n) is 4.69. The van der Waals surface area contributed by atoms with Crippen LogP contribution < -0.4 is 29.6 Å². The van der Waals surface area contributed by atoms with E-state index in [9.17, 15) is 18.1 Å². The van der Waals surface area contributed by atoms with Crippen molar-refractivity contribution in [3.05, 3.63) is 0 Å². The molecule has 2 atom stereocenters. The van der Waals surface area contributed by atoms with E-state index >= 15 is 0 Å². The molecule has 0 aliphatic heterocycles. The summed E-state index contributed by atoms with van der Waals surface area (Å²) in [6.07, 6.45) is 1.37. The van der Waals surface area contributed by atoms with E-state index in [2.05, 4.69) is 4.18 Å². The van der Waals surface area contributed by atoms with Crippen molar-refractivity contribution in [3.8, 4) is 0 Å². The monoisotopic (exact) mass is 248 g/mol. The maximum atomic E-state index is 10.2. The molecule has 15 heavy (non-hydrogen) atoms. The average molecular weight is 248 g/mol. The van der Waals surface area contributed by atoms with E-state index in [0.717, 1.165) is 6.42 Å². The molecule has 86 valence electrons. The molecule has 0 spiro atoms. The maximum Gasteiger partial charge on any atom is 1.00 e. The third-order valence-corrected chi connectivity index (χ3v) is 2.50. The van der Waals surface area contributed by atoms with Gasteiger partial charge in [-0.3, -0.25) is 4.18 Å². The summed E-state index contributed by atoms with van der Waals surface area (Å²) >= 11 is 0. The molecule has 0 bridgehead atoms. The summed E-state index contributed by atoms with van der Waals surface area (Å²) in [7, 11) is -4.64. The Labute approximate surface area is 113 Å². The van der Waals surface area contributed by atoms with E-state index in [1.165, 1.54) is 0 Å². The van der Waals surface area contributed by atoms with Crippen molar-refractivity contribution in [2.75, 3.05) is 6.61 Å². The van der Waals surface area contributed by atoms with Crippen LogP contribution >= 0.6 is 0 Å². The van der Waals surface area contributed by atoms with Crippen molar-refractivity contribution in [1.82, 2.24) is 0 Å². The first-order valence-corrected chi connectivity index (χ1v) is 6.02. The Morgan fingerprint density at radius 1 is 1.40 bits per heavy atom. The Morgan fingerprint density at radius 2 is 1.93 bits per heavy atom. The molecule has 5 nitrogen and oxygen atoms in total. The molecule has 1 N–H and O–H groups in total. The summed E-state index contributed by atoms with van der Waals surface area (Å²) in [5, 5.41) is 9.53. The zero-order valence-corrected chi connectivity index (χ0v) is 12.3. The van der Waals surface area contributed by atoms with Gasteiger partial charge in [-0.15, -0.1) is 0 Å². The van der Waals surface area contributed by atoms with Crippen LogP contribution in [0.4, 0.5) is 0 Å². The fraction of sp³-hybridized carbons (Fsp3) is 1.00. The quantitative estimate of drug-likeness (QED) is 0.310. The predicted octanol–water partition coefficient (Wildman–Crippen LogP) is -2.35. The van der Waals surface area contributed by atoms with Crippen molar-refractivity contribution < 1.29 is 51.8 Å². The molecule has 0 rings (SSSR count). The minimum Gasteiger partial charge on any atom is -0.726 e. The van der Waals surface area contributed by atoms with Crippen molar-refractivity contribution in [3.63, 3.8) is 0 Å². The van der Waals surface area contributed by atoms with Crippen LogP contribution in [-0.4, -0.2) is 30.8 Å². The topological polar surface area (TPSA) is 86.7 Å². The second-order valence-electron chi connectivity index (χ2n) is 3.22. The molecule has 0 saturated heterocycles. The molecule has 0 aromatic carbocycles. The molecule has 2 unspecified atom stereocenters. The third-order valence-electron chi connectivity index (χ3n) is 2.08. The Hall–Kier alpha value is 0.830. The van der Waals surface area contributed by atoms with Crippen LogP contribution in [0, 0.1) is 5.92 Å². The van der Waals surface area contributed by atoms with Gasteiger partial charge in [0, 0.05) is 5.92 Å². The maximum absolute atomic E-state index is 10.2. The van der Waals surface area contributed by atoms with Crippen LogP contribution in [0.5, 0.6) is 0 Å². The van der Waals surface area contributed by atoms with Crippen LogP contribution in [0.2, 0.25) is 0 Å². The van der Waals surface area contributed by atoms with Crippen molar-refractivity contribution in [2.24, 2.45) is 5.92 Å².